The summed E-state index contributed by atoms with van der Waals surface area (Å²) in [7, 11) is 0. The molecule has 0 amide bonds. The number of ether oxygens (including phenoxy) is 1. The number of rotatable bonds is 6. The number of hydrogen-bond acceptors (Lipinski definition) is 4. The molecule has 0 bridgehead atoms. The Morgan fingerprint density at radius 2 is 2.07 bits per heavy atom. The third-order valence-electron chi connectivity index (χ3n) is 5.27. The van der Waals surface area contributed by atoms with Gasteiger partial charge in [-0.2, -0.15) is 0 Å². The van der Waals surface area contributed by atoms with E-state index in [4.69, 9.17) is 21.3 Å². The third kappa shape index (κ3) is 5.25. The zero-order valence-electron chi connectivity index (χ0n) is 16.8. The summed E-state index contributed by atoms with van der Waals surface area (Å²) in [6, 6.07) is 8.21. The maximum atomic E-state index is 6.28. The molecular weight excluding hydrogens is 392 g/mol. The standard InChI is InChI=1S/C21H29ClN4OS/c1-4-23-20(24-13-19-26-15(2)16(3)28-19)25-14-21(8-10-27-11-9-21)17-6-5-7-18(22)12-17/h5-7,12H,4,8-11,13-14H2,1-3H3,(H2,23,24,25). The van der Waals surface area contributed by atoms with Crippen LogP contribution in [-0.4, -0.2) is 37.2 Å². The van der Waals surface area contributed by atoms with Gasteiger partial charge < -0.3 is 15.4 Å². The highest BCUT2D eigenvalue weighted by atomic mass is 35.5. The fourth-order valence-corrected chi connectivity index (χ4v) is 4.54. The van der Waals surface area contributed by atoms with Gasteiger partial charge >= 0.3 is 0 Å². The molecule has 1 aromatic heterocycles. The van der Waals surface area contributed by atoms with Crippen LogP contribution in [0, 0.1) is 13.8 Å². The van der Waals surface area contributed by atoms with E-state index in [0.717, 1.165) is 60.8 Å². The van der Waals surface area contributed by atoms with Crippen molar-refractivity contribution >= 4 is 28.9 Å². The summed E-state index contributed by atoms with van der Waals surface area (Å²) in [5.74, 6) is 0.820. The summed E-state index contributed by atoms with van der Waals surface area (Å²) in [5.41, 5.74) is 2.35. The van der Waals surface area contributed by atoms with E-state index in [9.17, 15) is 0 Å². The van der Waals surface area contributed by atoms with Crippen LogP contribution in [0.4, 0.5) is 0 Å². The maximum Gasteiger partial charge on any atom is 0.191 e. The summed E-state index contributed by atoms with van der Waals surface area (Å²) in [6.07, 6.45) is 1.93. The topological polar surface area (TPSA) is 58.5 Å². The van der Waals surface area contributed by atoms with Gasteiger partial charge in [-0.25, -0.2) is 9.98 Å². The van der Waals surface area contributed by atoms with Crippen LogP contribution in [0.5, 0.6) is 0 Å². The minimum Gasteiger partial charge on any atom is -0.381 e. The van der Waals surface area contributed by atoms with E-state index in [1.165, 1.54) is 10.4 Å². The van der Waals surface area contributed by atoms with Crippen LogP contribution >= 0.6 is 22.9 Å². The Morgan fingerprint density at radius 3 is 2.71 bits per heavy atom. The van der Waals surface area contributed by atoms with Crippen LogP contribution in [0.2, 0.25) is 5.02 Å². The SMILES string of the molecule is CCNC(=NCc1nc(C)c(C)s1)NCC1(c2cccc(Cl)c2)CCOCC1. The van der Waals surface area contributed by atoms with Gasteiger partial charge in [0.05, 0.1) is 12.2 Å². The van der Waals surface area contributed by atoms with Crippen molar-refractivity contribution in [3.8, 4) is 0 Å². The number of halogens is 1. The van der Waals surface area contributed by atoms with Gasteiger partial charge in [0.25, 0.3) is 0 Å². The van der Waals surface area contributed by atoms with Crippen molar-refractivity contribution in [3.05, 3.63) is 50.4 Å². The zero-order chi connectivity index (χ0) is 20.0. The predicted octanol–water partition coefficient (Wildman–Crippen LogP) is 4.22. The summed E-state index contributed by atoms with van der Waals surface area (Å²) in [5, 5.41) is 8.73. The molecule has 1 aliphatic heterocycles. The highest BCUT2D eigenvalue weighted by molar-refractivity contribution is 7.11. The van der Waals surface area contributed by atoms with Gasteiger partial charge in [-0.3, -0.25) is 0 Å². The quantitative estimate of drug-likeness (QED) is 0.542. The summed E-state index contributed by atoms with van der Waals surface area (Å²) in [4.78, 5) is 10.6. The molecule has 0 unspecified atom stereocenters. The lowest BCUT2D eigenvalue weighted by Crippen LogP contribution is -2.48. The predicted molar refractivity (Wildman–Crippen MR) is 118 cm³/mol. The maximum absolute atomic E-state index is 6.28. The van der Waals surface area contributed by atoms with E-state index >= 15 is 0 Å². The largest absolute Gasteiger partial charge is 0.381 e. The first-order valence-corrected chi connectivity index (χ1v) is 11.0. The van der Waals surface area contributed by atoms with Gasteiger partial charge in [-0.1, -0.05) is 23.7 Å². The monoisotopic (exact) mass is 420 g/mol. The Hall–Kier alpha value is -1.63. The molecule has 1 fully saturated rings. The lowest BCUT2D eigenvalue weighted by atomic mass is 9.74. The lowest BCUT2D eigenvalue weighted by molar-refractivity contribution is 0.0514. The average molecular weight is 421 g/mol. The molecule has 152 valence electrons. The van der Waals surface area contributed by atoms with Gasteiger partial charge in [0, 0.05) is 41.6 Å². The third-order valence-corrected chi connectivity index (χ3v) is 6.56. The number of aromatic nitrogens is 1. The first-order chi connectivity index (χ1) is 13.5. The fraction of sp³-hybridized carbons (Fsp3) is 0.524. The van der Waals surface area contributed by atoms with Crippen LogP contribution in [-0.2, 0) is 16.7 Å². The van der Waals surface area contributed by atoms with E-state index in [-0.39, 0.29) is 5.41 Å². The number of benzene rings is 1. The van der Waals surface area contributed by atoms with E-state index in [1.54, 1.807) is 11.3 Å². The number of nitrogens with one attached hydrogen (secondary N) is 2. The second kappa shape index (κ2) is 9.72. The van der Waals surface area contributed by atoms with Crippen molar-refractivity contribution < 1.29 is 4.74 Å². The molecule has 0 radical (unpaired) electrons. The molecule has 2 heterocycles. The Labute approximate surface area is 176 Å². The van der Waals surface area contributed by atoms with Gasteiger partial charge in [0.2, 0.25) is 0 Å². The number of aryl methyl sites for hydroxylation is 2. The van der Waals surface area contributed by atoms with Crippen molar-refractivity contribution in [1.82, 2.24) is 15.6 Å². The van der Waals surface area contributed by atoms with Gasteiger partial charge in [-0.15, -0.1) is 11.3 Å². The highest BCUT2D eigenvalue weighted by Crippen LogP contribution is 2.35. The van der Waals surface area contributed by atoms with Gasteiger partial charge in [0.1, 0.15) is 5.01 Å². The minimum atomic E-state index is -0.00625. The molecule has 2 N–H and O–H groups in total. The molecule has 0 saturated carbocycles. The van der Waals surface area contributed by atoms with Crippen LogP contribution in [0.3, 0.4) is 0 Å². The average Bonchev–Trinajstić information content (AvgIpc) is 3.02. The van der Waals surface area contributed by atoms with Crippen molar-refractivity contribution in [1.29, 1.82) is 0 Å². The van der Waals surface area contributed by atoms with E-state index in [0.29, 0.717) is 6.54 Å². The highest BCUT2D eigenvalue weighted by Gasteiger charge is 2.34. The Balaban J connectivity index is 1.74. The second-order valence-corrected chi connectivity index (χ2v) is 8.93. The van der Waals surface area contributed by atoms with Crippen LogP contribution < -0.4 is 10.6 Å². The van der Waals surface area contributed by atoms with Crippen LogP contribution in [0.15, 0.2) is 29.3 Å². The van der Waals surface area contributed by atoms with Crippen molar-refractivity contribution in [2.75, 3.05) is 26.3 Å². The first kappa shape index (κ1) is 21.1. The zero-order valence-corrected chi connectivity index (χ0v) is 18.4. The van der Waals surface area contributed by atoms with E-state index in [1.807, 2.05) is 19.1 Å². The summed E-state index contributed by atoms with van der Waals surface area (Å²) in [6.45, 7) is 9.94. The molecule has 3 rings (SSSR count). The minimum absolute atomic E-state index is 0.00625. The van der Waals surface area contributed by atoms with E-state index < -0.39 is 0 Å². The number of hydrogen-bond donors (Lipinski definition) is 2. The molecule has 7 heteroatoms. The second-order valence-electron chi connectivity index (χ2n) is 7.20. The molecule has 28 heavy (non-hydrogen) atoms. The molecule has 1 aliphatic rings. The normalized spacial score (nSPS) is 16.8. The molecule has 0 atom stereocenters. The van der Waals surface area contributed by atoms with Crippen LogP contribution in [0.1, 0.15) is 40.9 Å². The fourth-order valence-electron chi connectivity index (χ4n) is 3.50. The molecule has 0 aliphatic carbocycles. The van der Waals surface area contributed by atoms with Crippen molar-refractivity contribution in [2.24, 2.45) is 4.99 Å². The lowest BCUT2D eigenvalue weighted by Gasteiger charge is -2.38. The molecule has 0 spiro atoms. The number of aliphatic imine (C=N–C) groups is 1. The first-order valence-electron chi connectivity index (χ1n) is 9.81. The van der Waals surface area contributed by atoms with Crippen molar-refractivity contribution in [2.45, 2.75) is 45.6 Å². The number of nitrogens with zero attached hydrogens (tertiary/aromatic N) is 2. The Bertz CT molecular complexity index is 795. The van der Waals surface area contributed by atoms with Crippen LogP contribution in [0.25, 0.3) is 0 Å². The van der Waals surface area contributed by atoms with Crippen molar-refractivity contribution in [3.63, 3.8) is 0 Å². The number of thiazole rings is 1. The number of guanidine groups is 1. The van der Waals surface area contributed by atoms with Gasteiger partial charge in [-0.05, 0) is 51.3 Å². The molecular formula is C21H29ClN4OS. The molecule has 1 saturated heterocycles. The smallest absolute Gasteiger partial charge is 0.191 e. The summed E-state index contributed by atoms with van der Waals surface area (Å²) >= 11 is 7.99. The molecule has 1 aromatic carbocycles. The summed E-state index contributed by atoms with van der Waals surface area (Å²) < 4.78 is 5.64. The van der Waals surface area contributed by atoms with Gasteiger partial charge in [0.15, 0.2) is 5.96 Å². The Kier molecular flexibility index (Phi) is 7.32. The Morgan fingerprint density at radius 1 is 1.29 bits per heavy atom. The molecule has 2 aromatic rings. The van der Waals surface area contributed by atoms with E-state index in [2.05, 4.69) is 41.6 Å². The molecule has 5 nitrogen and oxygen atoms in total.